The van der Waals surface area contributed by atoms with Crippen molar-refractivity contribution in [1.82, 2.24) is 4.31 Å². The Morgan fingerprint density at radius 1 is 1.39 bits per heavy atom. The molecule has 0 bridgehead atoms. The van der Waals surface area contributed by atoms with Crippen LogP contribution in [0.2, 0.25) is 0 Å². The van der Waals surface area contributed by atoms with Gasteiger partial charge in [-0.25, -0.2) is 8.42 Å². The summed E-state index contributed by atoms with van der Waals surface area (Å²) in [6.45, 7) is 2.20. The number of hydrogen-bond donors (Lipinski definition) is 1. The molecular formula is C12H16BrNO3S. The van der Waals surface area contributed by atoms with E-state index in [4.69, 9.17) is 0 Å². The largest absolute Gasteiger partial charge is 0.389 e. The van der Waals surface area contributed by atoms with E-state index < -0.39 is 15.6 Å². The molecule has 1 aromatic carbocycles. The van der Waals surface area contributed by atoms with Gasteiger partial charge in [0.15, 0.2) is 0 Å². The lowest BCUT2D eigenvalue weighted by Gasteiger charge is -2.19. The second-order valence-electron chi connectivity index (χ2n) is 4.86. The number of halogens is 1. The van der Waals surface area contributed by atoms with Crippen LogP contribution in [0, 0.1) is 0 Å². The number of alkyl halides is 1. The third-order valence-electron chi connectivity index (χ3n) is 3.13. The molecule has 0 aliphatic carbocycles. The fraction of sp³-hybridized carbons (Fsp3) is 0.500. The monoisotopic (exact) mass is 333 g/mol. The summed E-state index contributed by atoms with van der Waals surface area (Å²) < 4.78 is 26.0. The Hall–Kier alpha value is -0.430. The van der Waals surface area contributed by atoms with Crippen molar-refractivity contribution in [3.63, 3.8) is 0 Å². The summed E-state index contributed by atoms with van der Waals surface area (Å²) in [5, 5.41) is 10.5. The molecule has 1 heterocycles. The quantitative estimate of drug-likeness (QED) is 0.857. The van der Waals surface area contributed by atoms with Crippen LogP contribution in [0.5, 0.6) is 0 Å². The highest BCUT2D eigenvalue weighted by molar-refractivity contribution is 9.08. The Morgan fingerprint density at radius 2 is 2.00 bits per heavy atom. The number of aliphatic hydroxyl groups is 1. The second-order valence-corrected chi connectivity index (χ2v) is 7.36. The van der Waals surface area contributed by atoms with Crippen molar-refractivity contribution in [2.45, 2.75) is 29.2 Å². The molecule has 4 nitrogen and oxygen atoms in total. The summed E-state index contributed by atoms with van der Waals surface area (Å²) in [5.74, 6) is 0. The van der Waals surface area contributed by atoms with Crippen LogP contribution in [0.25, 0.3) is 0 Å². The van der Waals surface area contributed by atoms with Crippen LogP contribution in [-0.4, -0.2) is 36.5 Å². The predicted molar refractivity (Wildman–Crippen MR) is 73.1 cm³/mol. The summed E-state index contributed by atoms with van der Waals surface area (Å²) in [6, 6.07) is 6.80. The van der Waals surface area contributed by atoms with Crippen LogP contribution in [0.15, 0.2) is 29.2 Å². The molecule has 0 radical (unpaired) electrons. The summed E-state index contributed by atoms with van der Waals surface area (Å²) >= 11 is 3.32. The molecule has 6 heteroatoms. The predicted octanol–water partition coefficient (Wildman–Crippen LogP) is 1.73. The third kappa shape index (κ3) is 2.77. The van der Waals surface area contributed by atoms with Crippen LogP contribution in [0.4, 0.5) is 0 Å². The van der Waals surface area contributed by atoms with E-state index in [1.165, 1.54) is 4.31 Å². The zero-order chi connectivity index (χ0) is 13.4. The number of sulfonamides is 1. The first-order chi connectivity index (χ1) is 8.35. The van der Waals surface area contributed by atoms with Gasteiger partial charge in [-0.2, -0.15) is 4.31 Å². The summed E-state index contributed by atoms with van der Waals surface area (Å²) in [6.07, 6.45) is 0.478. The minimum Gasteiger partial charge on any atom is -0.389 e. The number of benzene rings is 1. The average Bonchev–Trinajstić information content (AvgIpc) is 2.70. The first kappa shape index (κ1) is 14.0. The van der Waals surface area contributed by atoms with Gasteiger partial charge in [-0.05, 0) is 31.0 Å². The number of β-amino-alcohol motifs (C(OH)–C–C–N with tert-alkyl or cyclic N) is 1. The van der Waals surface area contributed by atoms with Gasteiger partial charge in [-0.15, -0.1) is 0 Å². The molecule has 0 amide bonds. The molecular weight excluding hydrogens is 318 g/mol. The molecule has 1 fully saturated rings. The first-order valence-electron chi connectivity index (χ1n) is 5.73. The average molecular weight is 334 g/mol. The van der Waals surface area contributed by atoms with E-state index in [1.54, 1.807) is 31.2 Å². The molecule has 1 aliphatic rings. The van der Waals surface area contributed by atoms with E-state index in [1.807, 2.05) is 0 Å². The molecule has 1 saturated heterocycles. The van der Waals surface area contributed by atoms with Gasteiger partial charge < -0.3 is 5.11 Å². The second kappa shape index (κ2) is 4.92. The lowest BCUT2D eigenvalue weighted by atomic mass is 10.1. The maximum Gasteiger partial charge on any atom is 0.243 e. The Morgan fingerprint density at radius 3 is 2.44 bits per heavy atom. The van der Waals surface area contributed by atoms with Crippen molar-refractivity contribution in [1.29, 1.82) is 0 Å². The Labute approximate surface area is 116 Å². The Balaban J connectivity index is 2.25. The van der Waals surface area contributed by atoms with Gasteiger partial charge in [0.05, 0.1) is 10.5 Å². The summed E-state index contributed by atoms with van der Waals surface area (Å²) in [7, 11) is -3.48. The molecule has 0 spiro atoms. The van der Waals surface area contributed by atoms with E-state index in [-0.39, 0.29) is 11.4 Å². The van der Waals surface area contributed by atoms with Gasteiger partial charge in [0, 0.05) is 18.4 Å². The molecule has 1 aromatic rings. The lowest BCUT2D eigenvalue weighted by molar-refractivity contribution is 0.0762. The maximum absolute atomic E-state index is 12.3. The highest BCUT2D eigenvalue weighted by Crippen LogP contribution is 2.26. The molecule has 0 saturated carbocycles. The Bertz CT molecular complexity index is 525. The SMILES string of the molecule is CC1(O)CCN(S(=O)(=O)c2ccc(CBr)cc2)C1. The fourth-order valence-corrected chi connectivity index (χ4v) is 3.94. The van der Waals surface area contributed by atoms with Crippen molar-refractivity contribution >= 4 is 26.0 Å². The minimum atomic E-state index is -3.48. The van der Waals surface area contributed by atoms with Crippen LogP contribution in [0.1, 0.15) is 18.9 Å². The molecule has 1 atom stereocenters. The zero-order valence-corrected chi connectivity index (χ0v) is 12.5. The third-order valence-corrected chi connectivity index (χ3v) is 5.64. The molecule has 100 valence electrons. The smallest absolute Gasteiger partial charge is 0.243 e. The van der Waals surface area contributed by atoms with E-state index >= 15 is 0 Å². The van der Waals surface area contributed by atoms with Crippen molar-refractivity contribution in [3.8, 4) is 0 Å². The molecule has 18 heavy (non-hydrogen) atoms. The van der Waals surface area contributed by atoms with Gasteiger partial charge in [-0.3, -0.25) is 0 Å². The van der Waals surface area contributed by atoms with Crippen molar-refractivity contribution in [2.75, 3.05) is 13.1 Å². The van der Waals surface area contributed by atoms with Gasteiger partial charge in [0.2, 0.25) is 10.0 Å². The van der Waals surface area contributed by atoms with E-state index in [2.05, 4.69) is 15.9 Å². The first-order valence-corrected chi connectivity index (χ1v) is 8.29. The van der Waals surface area contributed by atoms with E-state index in [0.717, 1.165) is 5.56 Å². The van der Waals surface area contributed by atoms with Crippen LogP contribution < -0.4 is 0 Å². The minimum absolute atomic E-state index is 0.162. The summed E-state index contributed by atoms with van der Waals surface area (Å²) in [5.41, 5.74) is 0.116. The topological polar surface area (TPSA) is 57.6 Å². The van der Waals surface area contributed by atoms with Crippen molar-refractivity contribution in [2.24, 2.45) is 0 Å². The molecule has 1 unspecified atom stereocenters. The fourth-order valence-electron chi connectivity index (χ4n) is 2.01. The van der Waals surface area contributed by atoms with E-state index in [0.29, 0.717) is 18.3 Å². The highest BCUT2D eigenvalue weighted by Gasteiger charge is 2.38. The molecule has 2 rings (SSSR count). The molecule has 1 N–H and O–H groups in total. The van der Waals surface area contributed by atoms with Crippen molar-refractivity contribution in [3.05, 3.63) is 29.8 Å². The molecule has 1 aliphatic heterocycles. The summed E-state index contributed by atoms with van der Waals surface area (Å²) in [4.78, 5) is 0.282. The Kier molecular flexibility index (Phi) is 3.82. The lowest BCUT2D eigenvalue weighted by Crippen LogP contribution is -2.33. The standard InChI is InChI=1S/C12H16BrNO3S/c1-12(15)6-7-14(9-12)18(16,17)11-4-2-10(8-13)3-5-11/h2-5,15H,6-9H2,1H3. The highest BCUT2D eigenvalue weighted by atomic mass is 79.9. The van der Waals surface area contributed by atoms with Gasteiger partial charge in [-0.1, -0.05) is 28.1 Å². The van der Waals surface area contributed by atoms with Crippen LogP contribution >= 0.6 is 15.9 Å². The molecule has 0 aromatic heterocycles. The number of rotatable bonds is 3. The maximum atomic E-state index is 12.3. The zero-order valence-electron chi connectivity index (χ0n) is 10.1. The van der Waals surface area contributed by atoms with Crippen LogP contribution in [-0.2, 0) is 15.4 Å². The van der Waals surface area contributed by atoms with Crippen molar-refractivity contribution < 1.29 is 13.5 Å². The normalized spacial score (nSPS) is 25.5. The van der Waals surface area contributed by atoms with E-state index in [9.17, 15) is 13.5 Å². The number of hydrogen-bond acceptors (Lipinski definition) is 3. The van der Waals surface area contributed by atoms with Gasteiger partial charge in [0.1, 0.15) is 0 Å². The van der Waals surface area contributed by atoms with Crippen LogP contribution in [0.3, 0.4) is 0 Å². The number of nitrogens with zero attached hydrogens (tertiary/aromatic N) is 1. The van der Waals surface area contributed by atoms with Gasteiger partial charge >= 0.3 is 0 Å². The van der Waals surface area contributed by atoms with Gasteiger partial charge in [0.25, 0.3) is 0 Å².